The molecule has 0 radical (unpaired) electrons. The third-order valence-electron chi connectivity index (χ3n) is 3.48. The molecule has 0 bridgehead atoms. The van der Waals surface area contributed by atoms with Crippen LogP contribution < -0.4 is 5.73 Å². The summed E-state index contributed by atoms with van der Waals surface area (Å²) in [4.78, 5) is 5.61. The van der Waals surface area contributed by atoms with E-state index in [1.54, 1.807) is 22.7 Å². The summed E-state index contributed by atoms with van der Waals surface area (Å²) in [5.74, 6) is 0. The minimum atomic E-state index is -0.0903. The van der Waals surface area contributed by atoms with Gasteiger partial charge in [-0.1, -0.05) is 18.2 Å². The Morgan fingerprint density at radius 3 is 2.90 bits per heavy atom. The van der Waals surface area contributed by atoms with Crippen molar-refractivity contribution in [2.75, 3.05) is 0 Å². The maximum Gasteiger partial charge on any atom is 0.0705 e. The Labute approximate surface area is 124 Å². The highest BCUT2D eigenvalue weighted by atomic mass is 32.1. The molecular formula is C16H12N2S2. The van der Waals surface area contributed by atoms with Crippen LogP contribution in [0.1, 0.15) is 16.5 Å². The zero-order valence-electron chi connectivity index (χ0n) is 10.6. The molecule has 2 nitrogen and oxygen atoms in total. The molecule has 0 spiro atoms. The van der Waals surface area contributed by atoms with Crippen molar-refractivity contribution >= 4 is 43.0 Å². The molecule has 4 rings (SSSR count). The Bertz CT molecular complexity index is 858. The summed E-state index contributed by atoms with van der Waals surface area (Å²) in [6, 6.07) is 14.5. The summed E-state index contributed by atoms with van der Waals surface area (Å²) in [6.07, 6.45) is 1.82. The number of thiophene rings is 2. The van der Waals surface area contributed by atoms with Crippen molar-refractivity contribution < 1.29 is 0 Å². The second kappa shape index (κ2) is 4.66. The van der Waals surface area contributed by atoms with Crippen LogP contribution in [-0.4, -0.2) is 4.98 Å². The molecule has 3 heterocycles. The van der Waals surface area contributed by atoms with Crippen molar-refractivity contribution in [1.82, 2.24) is 4.98 Å². The summed E-state index contributed by atoms with van der Waals surface area (Å²) >= 11 is 3.55. The summed E-state index contributed by atoms with van der Waals surface area (Å²) in [6.45, 7) is 0. The minimum Gasteiger partial charge on any atom is -0.320 e. The van der Waals surface area contributed by atoms with Crippen LogP contribution in [-0.2, 0) is 0 Å². The molecule has 0 saturated carbocycles. The molecule has 0 saturated heterocycles. The van der Waals surface area contributed by atoms with Crippen LogP contribution in [0.25, 0.3) is 20.3 Å². The molecule has 0 aliphatic rings. The highest BCUT2D eigenvalue weighted by Crippen LogP contribution is 2.36. The summed E-state index contributed by atoms with van der Waals surface area (Å²) in [7, 11) is 0. The standard InChI is InChI=1S/C16H12N2S2/c17-16(15-9-14-13(20-15)6-8-19-14)11-3-1-5-12-10(11)4-2-7-18-12/h1-9,16H,17H2. The second-order valence-electron chi connectivity index (χ2n) is 4.69. The maximum absolute atomic E-state index is 6.49. The van der Waals surface area contributed by atoms with Gasteiger partial charge in [0.25, 0.3) is 0 Å². The molecule has 20 heavy (non-hydrogen) atoms. The van der Waals surface area contributed by atoms with E-state index in [0.717, 1.165) is 16.5 Å². The predicted molar refractivity (Wildman–Crippen MR) is 87.5 cm³/mol. The molecule has 3 aromatic heterocycles. The average Bonchev–Trinajstić information content (AvgIpc) is 3.07. The number of aromatic nitrogens is 1. The van der Waals surface area contributed by atoms with E-state index in [9.17, 15) is 0 Å². The van der Waals surface area contributed by atoms with Gasteiger partial charge in [0.15, 0.2) is 0 Å². The first kappa shape index (κ1) is 12.0. The number of fused-ring (bicyclic) bond motifs is 2. The van der Waals surface area contributed by atoms with Gasteiger partial charge in [0.2, 0.25) is 0 Å². The van der Waals surface area contributed by atoms with Gasteiger partial charge in [0, 0.05) is 25.9 Å². The maximum atomic E-state index is 6.49. The number of nitrogens with two attached hydrogens (primary N) is 1. The quantitative estimate of drug-likeness (QED) is 0.589. The molecule has 0 amide bonds. The van der Waals surface area contributed by atoms with E-state index in [1.807, 2.05) is 24.4 Å². The van der Waals surface area contributed by atoms with Crippen LogP contribution in [0.2, 0.25) is 0 Å². The molecule has 0 aliphatic heterocycles. The second-order valence-corrected chi connectivity index (χ2v) is 6.76. The topological polar surface area (TPSA) is 38.9 Å². The van der Waals surface area contributed by atoms with Gasteiger partial charge in [-0.25, -0.2) is 0 Å². The fourth-order valence-corrected chi connectivity index (χ4v) is 4.63. The van der Waals surface area contributed by atoms with Gasteiger partial charge >= 0.3 is 0 Å². The third kappa shape index (κ3) is 1.85. The molecule has 1 atom stereocenters. The van der Waals surface area contributed by atoms with Gasteiger partial charge in [-0.15, -0.1) is 22.7 Å². The number of hydrogen-bond acceptors (Lipinski definition) is 4. The lowest BCUT2D eigenvalue weighted by atomic mass is 10.0. The normalized spacial score (nSPS) is 13.1. The molecule has 0 aliphatic carbocycles. The van der Waals surface area contributed by atoms with E-state index in [1.165, 1.54) is 14.3 Å². The number of pyridine rings is 1. The van der Waals surface area contributed by atoms with Crippen LogP contribution >= 0.6 is 22.7 Å². The number of benzene rings is 1. The molecule has 2 N–H and O–H groups in total. The van der Waals surface area contributed by atoms with Gasteiger partial charge < -0.3 is 5.73 Å². The average molecular weight is 296 g/mol. The first-order chi connectivity index (χ1) is 9.83. The van der Waals surface area contributed by atoms with Crippen LogP contribution in [0.4, 0.5) is 0 Å². The van der Waals surface area contributed by atoms with Gasteiger partial charge in [0.05, 0.1) is 11.6 Å². The molecule has 0 fully saturated rings. The minimum absolute atomic E-state index is 0.0903. The monoisotopic (exact) mass is 296 g/mol. The van der Waals surface area contributed by atoms with Crippen LogP contribution in [0.3, 0.4) is 0 Å². The van der Waals surface area contributed by atoms with E-state index >= 15 is 0 Å². The molecule has 4 aromatic rings. The Morgan fingerprint density at radius 2 is 2.00 bits per heavy atom. The van der Waals surface area contributed by atoms with E-state index in [2.05, 4.69) is 34.6 Å². The van der Waals surface area contributed by atoms with Crippen LogP contribution in [0.5, 0.6) is 0 Å². The zero-order valence-corrected chi connectivity index (χ0v) is 12.2. The molecule has 4 heteroatoms. The van der Waals surface area contributed by atoms with Crippen LogP contribution in [0, 0.1) is 0 Å². The van der Waals surface area contributed by atoms with Crippen LogP contribution in [0.15, 0.2) is 54.0 Å². The SMILES string of the molecule is NC(c1cc2sccc2s1)c1cccc2ncccc12. The Morgan fingerprint density at radius 1 is 1.05 bits per heavy atom. The lowest BCUT2D eigenvalue weighted by molar-refractivity contribution is 0.904. The number of nitrogens with zero attached hydrogens (tertiary/aromatic N) is 1. The summed E-state index contributed by atoms with van der Waals surface area (Å²) in [5, 5.41) is 3.26. The van der Waals surface area contributed by atoms with E-state index in [4.69, 9.17) is 5.73 Å². The fraction of sp³-hybridized carbons (Fsp3) is 0.0625. The largest absolute Gasteiger partial charge is 0.320 e. The van der Waals surface area contributed by atoms with Crippen molar-refractivity contribution in [3.8, 4) is 0 Å². The highest BCUT2D eigenvalue weighted by molar-refractivity contribution is 7.27. The lowest BCUT2D eigenvalue weighted by Crippen LogP contribution is -2.10. The van der Waals surface area contributed by atoms with E-state index < -0.39 is 0 Å². The Balaban J connectivity index is 1.87. The smallest absolute Gasteiger partial charge is 0.0705 e. The van der Waals surface area contributed by atoms with E-state index in [0.29, 0.717) is 0 Å². The van der Waals surface area contributed by atoms with Crippen molar-refractivity contribution in [2.24, 2.45) is 5.73 Å². The Hall–Kier alpha value is -1.75. The summed E-state index contributed by atoms with van der Waals surface area (Å²) in [5.41, 5.74) is 8.63. The van der Waals surface area contributed by atoms with Crippen molar-refractivity contribution in [1.29, 1.82) is 0 Å². The summed E-state index contributed by atoms with van der Waals surface area (Å²) < 4.78 is 2.64. The third-order valence-corrected chi connectivity index (χ3v) is 5.66. The first-order valence-corrected chi connectivity index (χ1v) is 8.09. The Kier molecular flexibility index (Phi) is 2.80. The molecular weight excluding hydrogens is 284 g/mol. The molecule has 98 valence electrons. The molecule has 1 unspecified atom stereocenters. The number of rotatable bonds is 2. The van der Waals surface area contributed by atoms with Crippen molar-refractivity contribution in [2.45, 2.75) is 6.04 Å². The predicted octanol–water partition coefficient (Wildman–Crippen LogP) is 4.56. The van der Waals surface area contributed by atoms with Gasteiger partial charge in [-0.2, -0.15) is 0 Å². The van der Waals surface area contributed by atoms with Gasteiger partial charge in [-0.3, -0.25) is 4.98 Å². The fourth-order valence-electron chi connectivity index (χ4n) is 2.49. The van der Waals surface area contributed by atoms with E-state index in [-0.39, 0.29) is 6.04 Å². The lowest BCUT2D eigenvalue weighted by Gasteiger charge is -2.12. The first-order valence-electron chi connectivity index (χ1n) is 6.39. The molecule has 1 aromatic carbocycles. The highest BCUT2D eigenvalue weighted by Gasteiger charge is 2.15. The van der Waals surface area contributed by atoms with Crippen molar-refractivity contribution in [3.63, 3.8) is 0 Å². The number of hydrogen-bond donors (Lipinski definition) is 1. The van der Waals surface area contributed by atoms with Gasteiger partial charge in [0.1, 0.15) is 0 Å². The zero-order chi connectivity index (χ0) is 13.5. The van der Waals surface area contributed by atoms with Gasteiger partial charge in [-0.05, 0) is 35.2 Å². The van der Waals surface area contributed by atoms with Crippen molar-refractivity contribution in [3.05, 3.63) is 64.5 Å².